The van der Waals surface area contributed by atoms with E-state index in [-0.39, 0.29) is 10.3 Å². The van der Waals surface area contributed by atoms with Gasteiger partial charge in [-0.1, -0.05) is 26.8 Å². The van der Waals surface area contributed by atoms with E-state index in [2.05, 4.69) is 0 Å². The maximum atomic E-state index is 12.8. The van der Waals surface area contributed by atoms with E-state index in [4.69, 9.17) is 0 Å². The molecule has 5 heteroatoms. The summed E-state index contributed by atoms with van der Waals surface area (Å²) < 4.78 is 49.8. The third kappa shape index (κ3) is 3.31. The summed E-state index contributed by atoms with van der Waals surface area (Å²) in [5.74, 6) is 0. The maximum Gasteiger partial charge on any atom is 0.417 e. The SMILES string of the molecule is CS(=O)c1ccc(C(C)(C)C)cc1C(F)(F)F. The molecule has 0 spiro atoms. The second kappa shape index (κ2) is 4.44. The van der Waals surface area contributed by atoms with Crippen molar-refractivity contribution in [1.82, 2.24) is 0 Å². The molecule has 0 saturated heterocycles. The predicted molar refractivity (Wildman–Crippen MR) is 62.5 cm³/mol. The molecule has 0 aliphatic carbocycles. The topological polar surface area (TPSA) is 17.1 Å². The van der Waals surface area contributed by atoms with Gasteiger partial charge in [-0.2, -0.15) is 13.2 Å². The summed E-state index contributed by atoms with van der Waals surface area (Å²) in [6, 6.07) is 4.00. The van der Waals surface area contributed by atoms with Crippen LogP contribution in [0.4, 0.5) is 13.2 Å². The van der Waals surface area contributed by atoms with Gasteiger partial charge >= 0.3 is 6.18 Å². The molecule has 0 amide bonds. The van der Waals surface area contributed by atoms with Crippen molar-refractivity contribution in [2.75, 3.05) is 6.26 Å². The van der Waals surface area contributed by atoms with Gasteiger partial charge in [0.05, 0.1) is 21.3 Å². The zero-order chi connectivity index (χ0) is 13.4. The van der Waals surface area contributed by atoms with Gasteiger partial charge in [0.25, 0.3) is 0 Å². The van der Waals surface area contributed by atoms with Gasteiger partial charge in [0, 0.05) is 6.26 Å². The minimum absolute atomic E-state index is 0.162. The number of benzene rings is 1. The normalized spacial score (nSPS) is 14.8. The van der Waals surface area contributed by atoms with Gasteiger partial charge < -0.3 is 0 Å². The molecule has 0 heterocycles. The van der Waals surface area contributed by atoms with Crippen molar-refractivity contribution in [1.29, 1.82) is 0 Å². The number of halogens is 3. The van der Waals surface area contributed by atoms with E-state index in [9.17, 15) is 17.4 Å². The van der Waals surface area contributed by atoms with E-state index in [1.807, 2.05) is 20.8 Å². The van der Waals surface area contributed by atoms with E-state index in [1.165, 1.54) is 12.3 Å². The minimum Gasteiger partial charge on any atom is -0.255 e. The van der Waals surface area contributed by atoms with Crippen LogP contribution < -0.4 is 0 Å². The second-order valence-electron chi connectivity index (χ2n) is 4.91. The first-order chi connectivity index (χ1) is 7.53. The lowest BCUT2D eigenvalue weighted by Crippen LogP contribution is -2.16. The van der Waals surface area contributed by atoms with Crippen molar-refractivity contribution in [3.05, 3.63) is 29.3 Å². The zero-order valence-corrected chi connectivity index (χ0v) is 11.0. The molecule has 1 nitrogen and oxygen atoms in total. The van der Waals surface area contributed by atoms with E-state index in [0.29, 0.717) is 5.56 Å². The third-order valence-corrected chi connectivity index (χ3v) is 3.44. The van der Waals surface area contributed by atoms with Crippen LogP contribution in [0.15, 0.2) is 23.1 Å². The van der Waals surface area contributed by atoms with Crippen LogP contribution in [0.25, 0.3) is 0 Å². The van der Waals surface area contributed by atoms with Crippen molar-refractivity contribution in [3.63, 3.8) is 0 Å². The summed E-state index contributed by atoms with van der Waals surface area (Å²) in [4.78, 5) is -0.162. The van der Waals surface area contributed by atoms with Crippen LogP contribution in [-0.4, -0.2) is 10.5 Å². The average Bonchev–Trinajstić information content (AvgIpc) is 2.14. The predicted octanol–water partition coefficient (Wildman–Crippen LogP) is 3.74. The molecule has 0 radical (unpaired) electrons. The van der Waals surface area contributed by atoms with Crippen LogP contribution in [0.5, 0.6) is 0 Å². The summed E-state index contributed by atoms with van der Waals surface area (Å²) in [7, 11) is -1.64. The Bertz CT molecular complexity index is 444. The van der Waals surface area contributed by atoms with Crippen LogP contribution in [0.3, 0.4) is 0 Å². The number of hydrogen-bond acceptors (Lipinski definition) is 1. The molecule has 1 atom stereocenters. The van der Waals surface area contributed by atoms with Crippen molar-refractivity contribution in [2.24, 2.45) is 0 Å². The van der Waals surface area contributed by atoms with Crippen LogP contribution in [0.2, 0.25) is 0 Å². The van der Waals surface area contributed by atoms with Crippen LogP contribution in [-0.2, 0) is 22.4 Å². The smallest absolute Gasteiger partial charge is 0.255 e. The van der Waals surface area contributed by atoms with E-state index < -0.39 is 22.5 Å². The Balaban J connectivity index is 3.46. The fourth-order valence-electron chi connectivity index (χ4n) is 1.47. The fraction of sp³-hybridized carbons (Fsp3) is 0.500. The van der Waals surface area contributed by atoms with Gasteiger partial charge in [0.15, 0.2) is 0 Å². The first-order valence-electron chi connectivity index (χ1n) is 5.08. The summed E-state index contributed by atoms with van der Waals surface area (Å²) in [5.41, 5.74) is -0.585. The molecule has 0 aliphatic rings. The molecule has 0 N–H and O–H groups in total. The van der Waals surface area contributed by atoms with Gasteiger partial charge in [-0.15, -0.1) is 0 Å². The summed E-state index contributed by atoms with van der Waals surface area (Å²) >= 11 is 0. The highest BCUT2D eigenvalue weighted by atomic mass is 32.2. The molecule has 17 heavy (non-hydrogen) atoms. The van der Waals surface area contributed by atoms with Crippen LogP contribution >= 0.6 is 0 Å². The quantitative estimate of drug-likeness (QED) is 0.755. The van der Waals surface area contributed by atoms with E-state index >= 15 is 0 Å². The van der Waals surface area contributed by atoms with Gasteiger partial charge in [-0.3, -0.25) is 4.21 Å². The molecular weight excluding hydrogens is 249 g/mol. The van der Waals surface area contributed by atoms with Crippen molar-refractivity contribution < 1.29 is 17.4 Å². The highest BCUT2D eigenvalue weighted by Gasteiger charge is 2.35. The van der Waals surface area contributed by atoms with Crippen molar-refractivity contribution in [3.8, 4) is 0 Å². The lowest BCUT2D eigenvalue weighted by atomic mass is 9.86. The number of alkyl halides is 3. The first kappa shape index (κ1) is 14.2. The lowest BCUT2D eigenvalue weighted by molar-refractivity contribution is -0.139. The van der Waals surface area contributed by atoms with E-state index in [1.54, 1.807) is 6.07 Å². The summed E-state index contributed by atoms with van der Waals surface area (Å²) in [6.45, 7) is 5.52. The van der Waals surface area contributed by atoms with Gasteiger partial charge in [-0.25, -0.2) is 0 Å². The first-order valence-corrected chi connectivity index (χ1v) is 6.64. The molecule has 0 bridgehead atoms. The van der Waals surface area contributed by atoms with Crippen LogP contribution in [0.1, 0.15) is 31.9 Å². The molecule has 0 saturated carbocycles. The average molecular weight is 264 g/mol. The van der Waals surface area contributed by atoms with E-state index in [0.717, 1.165) is 6.07 Å². The van der Waals surface area contributed by atoms with Gasteiger partial charge in [-0.05, 0) is 23.1 Å². The largest absolute Gasteiger partial charge is 0.417 e. The van der Waals surface area contributed by atoms with Crippen LogP contribution in [0, 0.1) is 0 Å². The third-order valence-electron chi connectivity index (χ3n) is 2.46. The Morgan fingerprint density at radius 1 is 1.12 bits per heavy atom. The second-order valence-corrected chi connectivity index (χ2v) is 6.26. The summed E-state index contributed by atoms with van der Waals surface area (Å²) in [6.07, 6.45) is -3.22. The van der Waals surface area contributed by atoms with Crippen molar-refractivity contribution >= 4 is 10.8 Å². The molecule has 0 aromatic heterocycles. The Morgan fingerprint density at radius 2 is 1.65 bits per heavy atom. The number of rotatable bonds is 1. The van der Waals surface area contributed by atoms with Gasteiger partial charge in [0.1, 0.15) is 0 Å². The zero-order valence-electron chi connectivity index (χ0n) is 10.2. The molecule has 1 rings (SSSR count). The fourth-order valence-corrected chi connectivity index (χ4v) is 2.21. The van der Waals surface area contributed by atoms with Gasteiger partial charge in [0.2, 0.25) is 0 Å². The standard InChI is InChI=1S/C12H15F3OS/c1-11(2,3)8-5-6-10(17(4)16)9(7-8)12(13,14)15/h5-7H,1-4H3. The Kier molecular flexibility index (Phi) is 3.72. The summed E-state index contributed by atoms with van der Waals surface area (Å²) in [5, 5.41) is 0. The highest BCUT2D eigenvalue weighted by molar-refractivity contribution is 7.84. The molecule has 1 aromatic rings. The maximum absolute atomic E-state index is 12.8. The monoisotopic (exact) mass is 264 g/mol. The highest BCUT2D eigenvalue weighted by Crippen LogP contribution is 2.36. The minimum atomic E-state index is -4.47. The Hall–Kier alpha value is -0.840. The molecule has 96 valence electrons. The van der Waals surface area contributed by atoms with Crippen molar-refractivity contribution in [2.45, 2.75) is 37.3 Å². The molecule has 1 aromatic carbocycles. The Morgan fingerprint density at radius 3 is 2.00 bits per heavy atom. The molecule has 0 fully saturated rings. The molecule has 1 unspecified atom stereocenters. The molecular formula is C12H15F3OS. The Labute approximate surface area is 101 Å². The molecule has 0 aliphatic heterocycles. The number of hydrogen-bond donors (Lipinski definition) is 0. The lowest BCUT2D eigenvalue weighted by Gasteiger charge is -2.21.